The van der Waals surface area contributed by atoms with Crippen molar-refractivity contribution in [1.82, 2.24) is 10.2 Å². The first-order valence-corrected chi connectivity index (χ1v) is 16.1. The zero-order valence-corrected chi connectivity index (χ0v) is 23.5. The third-order valence-corrected chi connectivity index (χ3v) is 15.4. The predicted molar refractivity (Wildman–Crippen MR) is 125 cm³/mol. The molecule has 0 aromatic rings. The molecule has 0 rings (SSSR count). The number of unbranched alkanes of at least 4 members (excludes halogenated alkanes) is 2. The molecule has 0 radical (unpaired) electrons. The second kappa shape index (κ2) is 17.0. The molecule has 176 valence electrons. The fourth-order valence-corrected chi connectivity index (χ4v) is 12.1. The number of nitrogens with one attached hydrogen (secondary N) is 1. The highest BCUT2D eigenvalue weighted by atomic mass is 28.4. The highest BCUT2D eigenvalue weighted by molar-refractivity contribution is 6.73. The van der Waals surface area contributed by atoms with E-state index in [-0.39, 0.29) is 0 Å². The smallest absolute Gasteiger partial charge is 0.377 e. The fraction of sp³-hybridized carbons (Fsp3) is 1.00. The third kappa shape index (κ3) is 11.0. The highest BCUT2D eigenvalue weighted by Gasteiger charge is 2.46. The zero-order valence-electron chi connectivity index (χ0n) is 20.0. The minimum absolute atomic E-state index is 0.430. The van der Waals surface area contributed by atoms with Gasteiger partial charge in [0.2, 0.25) is 0 Å². The summed E-state index contributed by atoms with van der Waals surface area (Å²) in [5.41, 5.74) is 0. The molecule has 0 amide bonds. The van der Waals surface area contributed by atoms with Crippen LogP contribution in [-0.2, 0) is 26.6 Å². The summed E-state index contributed by atoms with van der Waals surface area (Å²) < 4.78 is 33.9. The molecule has 0 fully saturated rings. The molecule has 0 heterocycles. The van der Waals surface area contributed by atoms with Gasteiger partial charge in [-0.1, -0.05) is 12.8 Å². The van der Waals surface area contributed by atoms with Gasteiger partial charge in [-0.25, -0.2) is 0 Å². The second-order valence-corrected chi connectivity index (χ2v) is 16.7. The zero-order chi connectivity index (χ0) is 22.2. The van der Waals surface area contributed by atoms with E-state index in [1.165, 1.54) is 19.3 Å². The molecule has 29 heavy (non-hydrogen) atoms. The quantitative estimate of drug-likeness (QED) is 0.211. The molecule has 0 aliphatic rings. The van der Waals surface area contributed by atoms with Crippen molar-refractivity contribution in [2.75, 3.05) is 76.0 Å². The summed E-state index contributed by atoms with van der Waals surface area (Å²) in [7, 11) is 8.90. The summed E-state index contributed by atoms with van der Waals surface area (Å²) in [6.45, 7) is 2.06. The largest absolute Gasteiger partial charge is 0.500 e. The van der Waals surface area contributed by atoms with E-state index < -0.39 is 27.1 Å². The van der Waals surface area contributed by atoms with Gasteiger partial charge in [0.25, 0.3) is 0 Å². The van der Waals surface area contributed by atoms with E-state index in [1.54, 1.807) is 42.7 Å². The molecule has 11 heteroatoms. The van der Waals surface area contributed by atoms with E-state index in [2.05, 4.69) is 24.3 Å². The molecule has 0 saturated carbocycles. The molecule has 0 aromatic heterocycles. The Balaban J connectivity index is 4.46. The lowest BCUT2D eigenvalue weighted by molar-refractivity contribution is 0.118. The summed E-state index contributed by atoms with van der Waals surface area (Å²) in [6, 6.07) is 0.813. The molecule has 8 nitrogen and oxygen atoms in total. The molecule has 0 spiro atoms. The Bertz CT molecular complexity index is 372. The van der Waals surface area contributed by atoms with Crippen molar-refractivity contribution in [3.8, 4) is 0 Å². The molecule has 0 saturated heterocycles. The highest BCUT2D eigenvalue weighted by Crippen LogP contribution is 2.28. The normalized spacial score (nSPS) is 14.4. The Hall–Kier alpha value is 0.331. The molecule has 0 aliphatic carbocycles. The van der Waals surface area contributed by atoms with Crippen LogP contribution in [0.2, 0.25) is 11.2 Å². The molecule has 0 aliphatic heterocycles. The van der Waals surface area contributed by atoms with Gasteiger partial charge in [-0.15, -0.1) is 0 Å². The van der Waals surface area contributed by atoms with Crippen molar-refractivity contribution < 1.29 is 26.6 Å². The minimum Gasteiger partial charge on any atom is -0.377 e. The van der Waals surface area contributed by atoms with Gasteiger partial charge in [0.15, 0.2) is 0 Å². The van der Waals surface area contributed by atoms with E-state index in [4.69, 9.17) is 26.6 Å². The van der Waals surface area contributed by atoms with Crippen LogP contribution >= 0.6 is 0 Å². The van der Waals surface area contributed by atoms with Crippen LogP contribution in [0.5, 0.6) is 0 Å². The van der Waals surface area contributed by atoms with Gasteiger partial charge in [0.1, 0.15) is 0 Å². The Morgan fingerprint density at radius 2 is 1.38 bits per heavy atom. The molecule has 1 unspecified atom stereocenters. The molecule has 1 atom stereocenters. The number of nitrogens with zero attached hydrogens (tertiary/aromatic N) is 1. The van der Waals surface area contributed by atoms with E-state index in [0.29, 0.717) is 5.16 Å². The molecule has 0 aromatic carbocycles. The molecule has 1 N–H and O–H groups in total. The Labute approximate surface area is 183 Å². The third-order valence-electron chi connectivity index (χ3n) is 5.45. The Kier molecular flexibility index (Phi) is 17.1. The average Bonchev–Trinajstić information content (AvgIpc) is 2.74. The van der Waals surface area contributed by atoms with Gasteiger partial charge < -0.3 is 36.8 Å². The lowest BCUT2D eigenvalue weighted by Gasteiger charge is -2.32. The van der Waals surface area contributed by atoms with Gasteiger partial charge in [-0.05, 0) is 52.6 Å². The van der Waals surface area contributed by atoms with Crippen molar-refractivity contribution in [3.63, 3.8) is 0 Å². The van der Waals surface area contributed by atoms with Gasteiger partial charge in [0, 0.05) is 63.4 Å². The van der Waals surface area contributed by atoms with Crippen molar-refractivity contribution in [1.29, 1.82) is 0 Å². The van der Waals surface area contributed by atoms with Crippen molar-refractivity contribution in [3.05, 3.63) is 0 Å². The lowest BCUT2D eigenvalue weighted by Crippen LogP contribution is -2.51. The van der Waals surface area contributed by atoms with E-state index in [0.717, 1.165) is 38.1 Å². The van der Waals surface area contributed by atoms with Gasteiger partial charge in [-0.3, -0.25) is 0 Å². The summed E-state index contributed by atoms with van der Waals surface area (Å²) in [6.07, 6.45) is 6.78. The molecule has 0 bridgehead atoms. The molecular weight excluding hydrogens is 424 g/mol. The van der Waals surface area contributed by atoms with Crippen LogP contribution in [-0.4, -0.2) is 108 Å². The summed E-state index contributed by atoms with van der Waals surface area (Å²) >= 11 is 0. The van der Waals surface area contributed by atoms with Crippen LogP contribution in [0.1, 0.15) is 32.1 Å². The SMILES string of the molecule is CO[Si](CCCNC[SiH2]C(CCCCCN(C)C)[Si](OC)(OC)OC)(OC)OC. The van der Waals surface area contributed by atoms with Crippen LogP contribution in [0, 0.1) is 0 Å². The van der Waals surface area contributed by atoms with E-state index >= 15 is 0 Å². The predicted octanol–water partition coefficient (Wildman–Crippen LogP) is 1.30. The fourth-order valence-electron chi connectivity index (χ4n) is 3.63. The summed E-state index contributed by atoms with van der Waals surface area (Å²) in [5.74, 6) is 0. The first kappa shape index (κ1) is 29.3. The summed E-state index contributed by atoms with van der Waals surface area (Å²) in [5, 5.41) is 4.02. The maximum atomic E-state index is 5.81. The lowest BCUT2D eigenvalue weighted by atomic mass is 10.2. The van der Waals surface area contributed by atoms with Crippen molar-refractivity contribution in [2.45, 2.75) is 43.3 Å². The van der Waals surface area contributed by atoms with E-state index in [1.807, 2.05) is 0 Å². The monoisotopic (exact) mass is 470 g/mol. The summed E-state index contributed by atoms with van der Waals surface area (Å²) in [4.78, 5) is 2.24. The van der Waals surface area contributed by atoms with Gasteiger partial charge in [0.05, 0.1) is 0 Å². The maximum absolute atomic E-state index is 5.81. The Morgan fingerprint density at radius 1 is 0.793 bits per heavy atom. The van der Waals surface area contributed by atoms with Crippen LogP contribution < -0.4 is 5.32 Å². The van der Waals surface area contributed by atoms with Gasteiger partial charge >= 0.3 is 17.6 Å². The topological polar surface area (TPSA) is 70.7 Å². The number of hydrogen-bond acceptors (Lipinski definition) is 8. The van der Waals surface area contributed by atoms with E-state index in [9.17, 15) is 0 Å². The first-order chi connectivity index (χ1) is 13.9. The van der Waals surface area contributed by atoms with Crippen LogP contribution in [0.3, 0.4) is 0 Å². The first-order valence-electron chi connectivity index (χ1n) is 10.6. The number of rotatable bonds is 20. The standard InChI is InChI=1S/C18H46N2O6Si3/c1-20(2)15-11-9-10-13-18(29(24-6,25-7)26-8)27-17-19-14-12-16-28(21-3,22-4)23-5/h18-19H,9-17,27H2,1-8H3. The molecular formula is C18H46N2O6Si3. The second-order valence-electron chi connectivity index (χ2n) is 7.50. The maximum Gasteiger partial charge on any atom is 0.500 e. The Morgan fingerprint density at radius 3 is 1.86 bits per heavy atom. The van der Waals surface area contributed by atoms with Gasteiger partial charge in [-0.2, -0.15) is 0 Å². The van der Waals surface area contributed by atoms with Crippen LogP contribution in [0.15, 0.2) is 0 Å². The van der Waals surface area contributed by atoms with Crippen molar-refractivity contribution in [2.24, 2.45) is 0 Å². The average molecular weight is 471 g/mol. The van der Waals surface area contributed by atoms with Crippen LogP contribution in [0.25, 0.3) is 0 Å². The number of hydrogen-bond donors (Lipinski definition) is 1. The van der Waals surface area contributed by atoms with Crippen LogP contribution in [0.4, 0.5) is 0 Å². The minimum atomic E-state index is -2.59. The van der Waals surface area contributed by atoms with Crippen molar-refractivity contribution >= 4 is 27.1 Å².